The monoisotopic (exact) mass is 359 g/mol. The molecular formula is C19H25N3O4. The van der Waals surface area contributed by atoms with Gasteiger partial charge in [-0.15, -0.1) is 0 Å². The molecule has 2 aromatic rings. The maximum atomic E-state index is 12.8. The summed E-state index contributed by atoms with van der Waals surface area (Å²) in [5.41, 5.74) is 0.524. The Morgan fingerprint density at radius 2 is 1.92 bits per heavy atom. The quantitative estimate of drug-likeness (QED) is 0.658. The molecule has 0 bridgehead atoms. The molecule has 1 aromatic carbocycles. The number of aromatic nitrogens is 1. The number of unbranched alkanes of at least 4 members (excludes halogenated alkanes) is 3. The Hall–Kier alpha value is -2.83. The molecule has 7 nitrogen and oxygen atoms in total. The van der Waals surface area contributed by atoms with E-state index in [4.69, 9.17) is 9.26 Å². The summed E-state index contributed by atoms with van der Waals surface area (Å²) < 4.78 is 9.81. The highest BCUT2D eigenvalue weighted by molar-refractivity contribution is 5.99. The fourth-order valence-electron chi connectivity index (χ4n) is 2.53. The molecule has 0 radical (unpaired) electrons. The fourth-order valence-corrected chi connectivity index (χ4v) is 2.53. The molecule has 2 rings (SSSR count). The minimum atomic E-state index is -0.309. The summed E-state index contributed by atoms with van der Waals surface area (Å²) in [7, 11) is 1.57. The van der Waals surface area contributed by atoms with Crippen LogP contribution in [0, 0.1) is 0 Å². The van der Waals surface area contributed by atoms with E-state index in [0.29, 0.717) is 23.7 Å². The number of ether oxygens (including phenoxy) is 1. The van der Waals surface area contributed by atoms with Gasteiger partial charge in [0.25, 0.3) is 5.91 Å². The van der Waals surface area contributed by atoms with Crippen LogP contribution in [-0.4, -0.2) is 42.1 Å². The first-order chi connectivity index (χ1) is 12.6. The van der Waals surface area contributed by atoms with Crippen LogP contribution in [-0.2, 0) is 4.79 Å². The predicted octanol–water partition coefficient (Wildman–Crippen LogP) is 3.34. The third-order valence-electron chi connectivity index (χ3n) is 3.95. The lowest BCUT2D eigenvalue weighted by molar-refractivity contribution is -0.117. The van der Waals surface area contributed by atoms with Crippen molar-refractivity contribution in [2.45, 2.75) is 32.6 Å². The van der Waals surface area contributed by atoms with E-state index in [1.165, 1.54) is 6.26 Å². The molecule has 0 aliphatic carbocycles. The van der Waals surface area contributed by atoms with Crippen LogP contribution in [0.3, 0.4) is 0 Å². The second-order valence-electron chi connectivity index (χ2n) is 5.95. The number of hydrogen-bond acceptors (Lipinski definition) is 5. The first-order valence-electron chi connectivity index (χ1n) is 8.77. The number of nitrogens with zero attached hydrogens (tertiary/aromatic N) is 2. The van der Waals surface area contributed by atoms with Crippen molar-refractivity contribution in [1.29, 1.82) is 0 Å². The Bertz CT molecular complexity index is 683. The molecule has 0 aliphatic heterocycles. The third kappa shape index (κ3) is 5.91. The van der Waals surface area contributed by atoms with Crippen LogP contribution < -0.4 is 10.1 Å². The number of benzene rings is 1. The van der Waals surface area contributed by atoms with E-state index in [1.54, 1.807) is 42.3 Å². The second-order valence-corrected chi connectivity index (χ2v) is 5.95. The van der Waals surface area contributed by atoms with E-state index in [9.17, 15) is 9.59 Å². The van der Waals surface area contributed by atoms with E-state index in [0.717, 1.165) is 25.7 Å². The zero-order valence-corrected chi connectivity index (χ0v) is 15.2. The number of methoxy groups -OCH3 is 1. The number of amides is 2. The van der Waals surface area contributed by atoms with Gasteiger partial charge in [0, 0.05) is 18.2 Å². The minimum Gasteiger partial charge on any atom is -0.497 e. The van der Waals surface area contributed by atoms with Gasteiger partial charge in [0.1, 0.15) is 18.6 Å². The smallest absolute Gasteiger partial charge is 0.254 e. The molecule has 0 saturated carbocycles. The molecule has 2 amide bonds. The van der Waals surface area contributed by atoms with Crippen LogP contribution >= 0.6 is 0 Å². The van der Waals surface area contributed by atoms with E-state index >= 15 is 0 Å². The SMILES string of the molecule is CCCCCCN(CC(=O)Nc1ccon1)C(=O)c1ccc(OC)cc1. The van der Waals surface area contributed by atoms with Crippen LogP contribution in [0.4, 0.5) is 5.82 Å². The molecule has 1 N–H and O–H groups in total. The Balaban J connectivity index is 2.02. The molecule has 0 saturated heterocycles. The van der Waals surface area contributed by atoms with Crippen molar-refractivity contribution in [2.75, 3.05) is 25.5 Å². The van der Waals surface area contributed by atoms with Gasteiger partial charge in [-0.1, -0.05) is 31.3 Å². The Kier molecular flexibility index (Phi) is 7.67. The third-order valence-corrected chi connectivity index (χ3v) is 3.95. The van der Waals surface area contributed by atoms with Crippen molar-refractivity contribution >= 4 is 17.6 Å². The normalized spacial score (nSPS) is 10.4. The molecule has 140 valence electrons. The van der Waals surface area contributed by atoms with E-state index in [-0.39, 0.29) is 18.4 Å². The Morgan fingerprint density at radius 3 is 2.54 bits per heavy atom. The van der Waals surface area contributed by atoms with Gasteiger partial charge < -0.3 is 19.5 Å². The summed E-state index contributed by atoms with van der Waals surface area (Å²) in [5, 5.41) is 6.27. The minimum absolute atomic E-state index is 0.0378. The number of rotatable bonds is 10. The van der Waals surface area contributed by atoms with Gasteiger partial charge in [0.15, 0.2) is 5.82 Å². The van der Waals surface area contributed by atoms with E-state index < -0.39 is 0 Å². The molecule has 26 heavy (non-hydrogen) atoms. The summed E-state index contributed by atoms with van der Waals surface area (Å²) in [6, 6.07) is 8.43. The highest BCUT2D eigenvalue weighted by atomic mass is 16.5. The highest BCUT2D eigenvalue weighted by Gasteiger charge is 2.19. The highest BCUT2D eigenvalue weighted by Crippen LogP contribution is 2.14. The lowest BCUT2D eigenvalue weighted by Crippen LogP contribution is -2.38. The first kappa shape index (κ1) is 19.5. The van der Waals surface area contributed by atoms with Crippen molar-refractivity contribution in [3.8, 4) is 5.75 Å². The maximum absolute atomic E-state index is 12.8. The number of nitrogens with one attached hydrogen (secondary N) is 1. The standard InChI is InChI=1S/C19H25N3O4/c1-3-4-5-6-12-22(14-18(23)20-17-11-13-26-21-17)19(24)15-7-9-16(25-2)10-8-15/h7-11,13H,3-6,12,14H2,1-2H3,(H,20,21,23). The second kappa shape index (κ2) is 10.2. The fraction of sp³-hybridized carbons (Fsp3) is 0.421. The summed E-state index contributed by atoms with van der Waals surface area (Å²) in [6.45, 7) is 2.62. The van der Waals surface area contributed by atoms with Crippen molar-refractivity contribution in [3.05, 3.63) is 42.2 Å². The lowest BCUT2D eigenvalue weighted by atomic mass is 10.1. The van der Waals surface area contributed by atoms with Gasteiger partial charge in [-0.05, 0) is 30.7 Å². The summed E-state index contributed by atoms with van der Waals surface area (Å²) in [5.74, 6) is 0.522. The van der Waals surface area contributed by atoms with Gasteiger partial charge in [-0.2, -0.15) is 0 Å². The van der Waals surface area contributed by atoms with Gasteiger partial charge in [-0.25, -0.2) is 0 Å². The van der Waals surface area contributed by atoms with Gasteiger partial charge in [0.2, 0.25) is 5.91 Å². The molecule has 0 unspecified atom stereocenters. The zero-order chi connectivity index (χ0) is 18.8. The molecule has 7 heteroatoms. The van der Waals surface area contributed by atoms with Gasteiger partial charge in [0.05, 0.1) is 7.11 Å². The average molecular weight is 359 g/mol. The number of carbonyl (C=O) groups is 2. The van der Waals surface area contributed by atoms with Gasteiger partial charge in [-0.3, -0.25) is 9.59 Å². The van der Waals surface area contributed by atoms with Crippen molar-refractivity contribution in [1.82, 2.24) is 10.1 Å². The summed E-state index contributed by atoms with van der Waals surface area (Å²) in [4.78, 5) is 26.6. The Morgan fingerprint density at radius 1 is 1.15 bits per heavy atom. The van der Waals surface area contributed by atoms with E-state index in [1.807, 2.05) is 0 Å². The first-order valence-corrected chi connectivity index (χ1v) is 8.77. The molecule has 0 atom stereocenters. The number of carbonyl (C=O) groups excluding carboxylic acids is 2. The number of anilines is 1. The molecular weight excluding hydrogens is 334 g/mol. The zero-order valence-electron chi connectivity index (χ0n) is 15.2. The topological polar surface area (TPSA) is 84.7 Å². The molecule has 0 fully saturated rings. The van der Waals surface area contributed by atoms with Crippen molar-refractivity contribution in [2.24, 2.45) is 0 Å². The molecule has 1 heterocycles. The van der Waals surface area contributed by atoms with Gasteiger partial charge >= 0.3 is 0 Å². The Labute approximate surface area is 153 Å². The van der Waals surface area contributed by atoms with Crippen molar-refractivity contribution in [3.63, 3.8) is 0 Å². The number of hydrogen-bond donors (Lipinski definition) is 1. The maximum Gasteiger partial charge on any atom is 0.254 e. The van der Waals surface area contributed by atoms with Crippen molar-refractivity contribution < 1.29 is 18.8 Å². The van der Waals surface area contributed by atoms with Crippen LogP contribution in [0.2, 0.25) is 0 Å². The largest absolute Gasteiger partial charge is 0.497 e. The molecule has 1 aromatic heterocycles. The van der Waals surface area contributed by atoms with E-state index in [2.05, 4.69) is 17.4 Å². The average Bonchev–Trinajstić information content (AvgIpc) is 3.16. The van der Waals surface area contributed by atoms with Crippen LogP contribution in [0.25, 0.3) is 0 Å². The summed E-state index contributed by atoms with van der Waals surface area (Å²) in [6.07, 6.45) is 5.47. The summed E-state index contributed by atoms with van der Waals surface area (Å²) >= 11 is 0. The van der Waals surface area contributed by atoms with Crippen LogP contribution in [0.1, 0.15) is 43.0 Å². The van der Waals surface area contributed by atoms with Crippen LogP contribution in [0.15, 0.2) is 41.1 Å². The lowest BCUT2D eigenvalue weighted by Gasteiger charge is -2.22. The predicted molar refractivity (Wildman–Crippen MR) is 98.2 cm³/mol. The molecule has 0 spiro atoms. The van der Waals surface area contributed by atoms with Crippen LogP contribution in [0.5, 0.6) is 5.75 Å². The molecule has 0 aliphatic rings.